The summed E-state index contributed by atoms with van der Waals surface area (Å²) in [6.45, 7) is 2.93. The number of carbonyl (C=O) groups excluding carboxylic acids is 1. The van der Waals surface area contributed by atoms with Crippen molar-refractivity contribution in [2.45, 2.75) is 26.3 Å². The van der Waals surface area contributed by atoms with Crippen molar-refractivity contribution in [1.29, 1.82) is 0 Å². The SMILES string of the molecule is CCc1ccccc1NCc1ccc(CC(=O)OC)s1. The highest BCUT2D eigenvalue weighted by atomic mass is 32.1. The molecule has 4 heteroatoms. The molecule has 0 fully saturated rings. The molecular formula is C16H19NO2S. The van der Waals surface area contributed by atoms with Crippen molar-refractivity contribution in [1.82, 2.24) is 0 Å². The van der Waals surface area contributed by atoms with Crippen molar-refractivity contribution in [3.8, 4) is 0 Å². The predicted molar refractivity (Wildman–Crippen MR) is 83.2 cm³/mol. The quantitative estimate of drug-likeness (QED) is 0.825. The van der Waals surface area contributed by atoms with Gasteiger partial charge < -0.3 is 10.1 Å². The maximum absolute atomic E-state index is 11.2. The number of methoxy groups -OCH3 is 1. The Bertz CT molecular complexity index is 577. The molecule has 0 bridgehead atoms. The molecule has 0 aliphatic heterocycles. The van der Waals surface area contributed by atoms with Crippen LogP contribution in [0.3, 0.4) is 0 Å². The van der Waals surface area contributed by atoms with E-state index < -0.39 is 0 Å². The van der Waals surface area contributed by atoms with Gasteiger partial charge in [-0.25, -0.2) is 0 Å². The third-order valence-electron chi connectivity index (χ3n) is 3.11. The number of anilines is 1. The smallest absolute Gasteiger partial charge is 0.310 e. The van der Waals surface area contributed by atoms with Crippen LogP contribution < -0.4 is 5.32 Å². The Labute approximate surface area is 123 Å². The number of rotatable bonds is 6. The van der Waals surface area contributed by atoms with Crippen molar-refractivity contribution >= 4 is 23.0 Å². The fourth-order valence-corrected chi connectivity index (χ4v) is 2.95. The molecule has 20 heavy (non-hydrogen) atoms. The fraction of sp³-hybridized carbons (Fsp3) is 0.312. The van der Waals surface area contributed by atoms with Gasteiger partial charge in [-0.3, -0.25) is 4.79 Å². The van der Waals surface area contributed by atoms with E-state index in [1.165, 1.54) is 23.2 Å². The second-order valence-corrected chi connectivity index (χ2v) is 5.74. The average molecular weight is 289 g/mol. The molecular weight excluding hydrogens is 270 g/mol. The van der Waals surface area contributed by atoms with Gasteiger partial charge in [0.2, 0.25) is 0 Å². The molecule has 0 radical (unpaired) electrons. The van der Waals surface area contributed by atoms with Gasteiger partial charge in [0.25, 0.3) is 0 Å². The second-order valence-electron chi connectivity index (χ2n) is 4.49. The van der Waals surface area contributed by atoms with Gasteiger partial charge in [-0.1, -0.05) is 25.1 Å². The van der Waals surface area contributed by atoms with Crippen LogP contribution in [0.5, 0.6) is 0 Å². The summed E-state index contributed by atoms with van der Waals surface area (Å²) in [5.41, 5.74) is 2.50. The largest absolute Gasteiger partial charge is 0.469 e. The Kier molecular flexibility index (Phi) is 5.18. The van der Waals surface area contributed by atoms with E-state index in [1.54, 1.807) is 11.3 Å². The number of benzene rings is 1. The van der Waals surface area contributed by atoms with Gasteiger partial charge >= 0.3 is 5.97 Å². The zero-order chi connectivity index (χ0) is 14.4. The average Bonchev–Trinajstić information content (AvgIpc) is 2.92. The summed E-state index contributed by atoms with van der Waals surface area (Å²) in [6.07, 6.45) is 1.37. The summed E-state index contributed by atoms with van der Waals surface area (Å²) in [4.78, 5) is 13.5. The fourth-order valence-electron chi connectivity index (χ4n) is 2.01. The maximum Gasteiger partial charge on any atom is 0.310 e. The zero-order valence-electron chi connectivity index (χ0n) is 11.8. The van der Waals surface area contributed by atoms with Gasteiger partial charge in [0, 0.05) is 22.0 Å². The number of ether oxygens (including phenoxy) is 1. The lowest BCUT2D eigenvalue weighted by Gasteiger charge is -2.09. The summed E-state index contributed by atoms with van der Waals surface area (Å²) in [5.74, 6) is -0.192. The first-order chi connectivity index (χ1) is 9.72. The highest BCUT2D eigenvalue weighted by molar-refractivity contribution is 7.12. The molecule has 0 amide bonds. The molecule has 0 aliphatic carbocycles. The van der Waals surface area contributed by atoms with Crippen LogP contribution in [-0.4, -0.2) is 13.1 Å². The minimum absolute atomic E-state index is 0.192. The lowest BCUT2D eigenvalue weighted by atomic mass is 10.1. The van der Waals surface area contributed by atoms with E-state index in [-0.39, 0.29) is 5.97 Å². The third kappa shape index (κ3) is 3.84. The molecule has 0 saturated carbocycles. The van der Waals surface area contributed by atoms with E-state index in [0.717, 1.165) is 17.8 Å². The van der Waals surface area contributed by atoms with Gasteiger partial charge in [0.05, 0.1) is 13.5 Å². The van der Waals surface area contributed by atoms with Crippen molar-refractivity contribution < 1.29 is 9.53 Å². The number of carbonyl (C=O) groups is 1. The topological polar surface area (TPSA) is 38.3 Å². The standard InChI is InChI=1S/C16H19NO2S/c1-3-12-6-4-5-7-15(12)17-11-14-9-8-13(20-14)10-16(18)19-2/h4-9,17H,3,10-11H2,1-2H3. The summed E-state index contributed by atoms with van der Waals surface area (Å²) < 4.78 is 4.68. The van der Waals surface area contributed by atoms with Crippen LogP contribution in [-0.2, 0) is 28.9 Å². The monoisotopic (exact) mass is 289 g/mol. The first kappa shape index (κ1) is 14.6. The minimum atomic E-state index is -0.192. The second kappa shape index (κ2) is 7.10. The van der Waals surface area contributed by atoms with Crippen molar-refractivity contribution in [2.75, 3.05) is 12.4 Å². The van der Waals surface area contributed by atoms with Crippen LogP contribution in [0.4, 0.5) is 5.69 Å². The van der Waals surface area contributed by atoms with Crippen LogP contribution in [0.1, 0.15) is 22.2 Å². The Morgan fingerprint density at radius 2 is 1.95 bits per heavy atom. The summed E-state index contributed by atoms with van der Waals surface area (Å²) in [5, 5.41) is 3.46. The number of thiophene rings is 1. The van der Waals surface area contributed by atoms with E-state index >= 15 is 0 Å². The van der Waals surface area contributed by atoms with Crippen LogP contribution in [0, 0.1) is 0 Å². The van der Waals surface area contributed by atoms with Crippen molar-refractivity contribution in [2.24, 2.45) is 0 Å². The Hall–Kier alpha value is -1.81. The van der Waals surface area contributed by atoms with Crippen LogP contribution in [0.15, 0.2) is 36.4 Å². The maximum atomic E-state index is 11.2. The van der Waals surface area contributed by atoms with Gasteiger partial charge in [0.15, 0.2) is 0 Å². The van der Waals surface area contributed by atoms with E-state index in [0.29, 0.717) is 6.42 Å². The Morgan fingerprint density at radius 3 is 2.70 bits per heavy atom. The lowest BCUT2D eigenvalue weighted by Crippen LogP contribution is -2.02. The minimum Gasteiger partial charge on any atom is -0.469 e. The summed E-state index contributed by atoms with van der Waals surface area (Å²) in [7, 11) is 1.42. The predicted octanol–water partition coefficient (Wildman–Crippen LogP) is 3.64. The molecule has 1 N–H and O–H groups in total. The number of nitrogens with one attached hydrogen (secondary N) is 1. The number of aryl methyl sites for hydroxylation is 1. The number of hydrogen-bond donors (Lipinski definition) is 1. The molecule has 0 spiro atoms. The first-order valence-electron chi connectivity index (χ1n) is 6.69. The van der Waals surface area contributed by atoms with E-state index in [4.69, 9.17) is 0 Å². The van der Waals surface area contributed by atoms with Gasteiger partial charge in [-0.05, 0) is 30.2 Å². The number of esters is 1. The molecule has 0 atom stereocenters. The normalized spacial score (nSPS) is 10.3. The number of hydrogen-bond acceptors (Lipinski definition) is 4. The van der Waals surface area contributed by atoms with Crippen molar-refractivity contribution in [3.63, 3.8) is 0 Å². The van der Waals surface area contributed by atoms with E-state index in [1.807, 2.05) is 12.1 Å². The first-order valence-corrected chi connectivity index (χ1v) is 7.50. The zero-order valence-corrected chi connectivity index (χ0v) is 12.6. The van der Waals surface area contributed by atoms with Gasteiger partial charge in [0.1, 0.15) is 0 Å². The van der Waals surface area contributed by atoms with Gasteiger partial charge in [-0.2, -0.15) is 0 Å². The van der Waals surface area contributed by atoms with Crippen molar-refractivity contribution in [3.05, 3.63) is 51.7 Å². The molecule has 3 nitrogen and oxygen atoms in total. The lowest BCUT2D eigenvalue weighted by molar-refractivity contribution is -0.139. The molecule has 106 valence electrons. The molecule has 0 unspecified atom stereocenters. The van der Waals surface area contributed by atoms with Gasteiger partial charge in [-0.15, -0.1) is 11.3 Å². The molecule has 0 saturated heterocycles. The molecule has 2 aromatic rings. The Morgan fingerprint density at radius 1 is 1.20 bits per heavy atom. The highest BCUT2D eigenvalue weighted by Gasteiger charge is 2.06. The molecule has 1 aromatic heterocycles. The Balaban J connectivity index is 1.96. The molecule has 1 heterocycles. The highest BCUT2D eigenvalue weighted by Crippen LogP contribution is 2.21. The third-order valence-corrected chi connectivity index (χ3v) is 4.20. The van der Waals surface area contributed by atoms with E-state index in [2.05, 4.69) is 41.2 Å². The summed E-state index contributed by atoms with van der Waals surface area (Å²) in [6, 6.07) is 12.4. The van der Waals surface area contributed by atoms with Crippen LogP contribution in [0.25, 0.3) is 0 Å². The molecule has 0 aliphatic rings. The summed E-state index contributed by atoms with van der Waals surface area (Å²) >= 11 is 1.65. The van der Waals surface area contributed by atoms with E-state index in [9.17, 15) is 4.79 Å². The molecule has 2 rings (SSSR count). The number of para-hydroxylation sites is 1. The molecule has 1 aromatic carbocycles. The van der Waals surface area contributed by atoms with Crippen LogP contribution in [0.2, 0.25) is 0 Å². The van der Waals surface area contributed by atoms with Crippen LogP contribution >= 0.6 is 11.3 Å².